The fourth-order valence-electron chi connectivity index (χ4n) is 1.82. The molecule has 0 atom stereocenters. The Kier molecular flexibility index (Phi) is 3.16. The van der Waals surface area contributed by atoms with Crippen molar-refractivity contribution < 1.29 is 0 Å². The van der Waals surface area contributed by atoms with E-state index >= 15 is 0 Å². The Morgan fingerprint density at radius 3 is 2.95 bits per heavy atom. The van der Waals surface area contributed by atoms with E-state index in [9.17, 15) is 0 Å². The van der Waals surface area contributed by atoms with Crippen LogP contribution in [-0.2, 0) is 5.75 Å². The Bertz CT molecular complexity index is 722. The second-order valence-electron chi connectivity index (χ2n) is 4.42. The fourth-order valence-corrected chi connectivity index (χ4v) is 2.73. The second kappa shape index (κ2) is 4.97. The van der Waals surface area contributed by atoms with E-state index in [4.69, 9.17) is 0 Å². The lowest BCUT2D eigenvalue weighted by molar-refractivity contribution is 0.702. The summed E-state index contributed by atoms with van der Waals surface area (Å²) in [5.41, 5.74) is 4.59. The maximum Gasteiger partial charge on any atom is 0.200 e. The van der Waals surface area contributed by atoms with Crippen molar-refractivity contribution in [3.63, 3.8) is 0 Å². The van der Waals surface area contributed by atoms with Crippen molar-refractivity contribution in [3.8, 4) is 0 Å². The van der Waals surface area contributed by atoms with Gasteiger partial charge in [0.15, 0.2) is 5.65 Å². The summed E-state index contributed by atoms with van der Waals surface area (Å²) in [5.74, 6) is 0.897. The SMILES string of the molecule is Cc1ccc(C)c(CSc2ccc3nnnn3n2)c1. The zero-order chi connectivity index (χ0) is 13.2. The van der Waals surface area contributed by atoms with Crippen LogP contribution in [0.5, 0.6) is 0 Å². The lowest BCUT2D eigenvalue weighted by atomic mass is 10.1. The van der Waals surface area contributed by atoms with E-state index in [0.29, 0.717) is 5.65 Å². The van der Waals surface area contributed by atoms with Crippen LogP contribution in [0.4, 0.5) is 0 Å². The molecule has 0 fully saturated rings. The minimum Gasteiger partial charge on any atom is -0.140 e. The second-order valence-corrected chi connectivity index (χ2v) is 5.41. The molecular formula is C13H13N5S. The van der Waals surface area contributed by atoms with E-state index in [2.05, 4.69) is 52.7 Å². The third-order valence-corrected chi connectivity index (χ3v) is 3.89. The first-order chi connectivity index (χ1) is 9.22. The number of tetrazole rings is 1. The molecule has 5 nitrogen and oxygen atoms in total. The number of hydrogen-bond acceptors (Lipinski definition) is 5. The van der Waals surface area contributed by atoms with Crippen molar-refractivity contribution >= 4 is 17.4 Å². The van der Waals surface area contributed by atoms with Crippen LogP contribution in [0, 0.1) is 13.8 Å². The van der Waals surface area contributed by atoms with Crippen molar-refractivity contribution in [1.82, 2.24) is 25.3 Å². The molecule has 0 saturated heterocycles. The third-order valence-electron chi connectivity index (χ3n) is 2.93. The Labute approximate surface area is 115 Å². The Hall–Kier alpha value is -1.95. The molecule has 3 rings (SSSR count). The van der Waals surface area contributed by atoms with Crippen LogP contribution < -0.4 is 0 Å². The predicted octanol–water partition coefficient (Wildman–Crippen LogP) is 2.43. The van der Waals surface area contributed by atoms with Gasteiger partial charge in [-0.15, -0.1) is 14.8 Å². The molecule has 96 valence electrons. The van der Waals surface area contributed by atoms with Crippen molar-refractivity contribution in [3.05, 3.63) is 47.0 Å². The van der Waals surface area contributed by atoms with E-state index in [0.717, 1.165) is 10.8 Å². The number of nitrogens with zero attached hydrogens (tertiary/aromatic N) is 5. The molecular weight excluding hydrogens is 258 g/mol. The minimum atomic E-state index is 0.663. The standard InChI is InChI=1S/C13H13N5S/c1-9-3-4-10(2)11(7-9)8-19-13-6-5-12-14-16-17-18(12)15-13/h3-7H,8H2,1-2H3. The van der Waals surface area contributed by atoms with Crippen molar-refractivity contribution in [2.24, 2.45) is 0 Å². The first kappa shape index (κ1) is 12.1. The summed E-state index contributed by atoms with van der Waals surface area (Å²) in [6.45, 7) is 4.24. The average molecular weight is 271 g/mol. The number of hydrogen-bond donors (Lipinski definition) is 0. The average Bonchev–Trinajstić information content (AvgIpc) is 2.87. The number of aromatic nitrogens is 5. The molecule has 0 bridgehead atoms. The molecule has 0 aliphatic rings. The summed E-state index contributed by atoms with van der Waals surface area (Å²) in [6, 6.07) is 10.3. The highest BCUT2D eigenvalue weighted by molar-refractivity contribution is 7.98. The van der Waals surface area contributed by atoms with E-state index in [-0.39, 0.29) is 0 Å². The third kappa shape index (κ3) is 2.58. The zero-order valence-corrected chi connectivity index (χ0v) is 11.6. The van der Waals surface area contributed by atoms with Gasteiger partial charge in [-0.2, -0.15) is 0 Å². The molecule has 0 N–H and O–H groups in total. The summed E-state index contributed by atoms with van der Waals surface area (Å²) >= 11 is 1.69. The van der Waals surface area contributed by atoms with Gasteiger partial charge in [0.25, 0.3) is 0 Å². The van der Waals surface area contributed by atoms with Gasteiger partial charge in [0.05, 0.1) is 0 Å². The Morgan fingerprint density at radius 2 is 2.05 bits per heavy atom. The topological polar surface area (TPSA) is 56.0 Å². The largest absolute Gasteiger partial charge is 0.200 e. The summed E-state index contributed by atoms with van der Waals surface area (Å²) in [5, 5.41) is 16.5. The molecule has 0 aliphatic carbocycles. The first-order valence-electron chi connectivity index (χ1n) is 5.97. The van der Waals surface area contributed by atoms with Crippen LogP contribution in [0.25, 0.3) is 5.65 Å². The van der Waals surface area contributed by atoms with Gasteiger partial charge in [-0.25, -0.2) is 0 Å². The van der Waals surface area contributed by atoms with Gasteiger partial charge < -0.3 is 0 Å². The van der Waals surface area contributed by atoms with Crippen molar-refractivity contribution in [2.45, 2.75) is 24.6 Å². The molecule has 0 saturated carbocycles. The Morgan fingerprint density at radius 1 is 1.16 bits per heavy atom. The lowest BCUT2D eigenvalue weighted by Crippen LogP contribution is -1.96. The smallest absolute Gasteiger partial charge is 0.140 e. The van der Waals surface area contributed by atoms with Gasteiger partial charge in [-0.1, -0.05) is 35.5 Å². The number of thioether (sulfide) groups is 1. The summed E-state index contributed by atoms with van der Waals surface area (Å²) in [4.78, 5) is 0. The van der Waals surface area contributed by atoms with Gasteiger partial charge in [-0.05, 0) is 47.5 Å². The quantitative estimate of drug-likeness (QED) is 0.685. The molecule has 0 spiro atoms. The van der Waals surface area contributed by atoms with E-state index in [1.165, 1.54) is 21.3 Å². The molecule has 1 aromatic carbocycles. The van der Waals surface area contributed by atoms with Crippen LogP contribution >= 0.6 is 11.8 Å². The van der Waals surface area contributed by atoms with E-state index < -0.39 is 0 Å². The van der Waals surface area contributed by atoms with Crippen LogP contribution in [0.1, 0.15) is 16.7 Å². The van der Waals surface area contributed by atoms with E-state index in [1.54, 1.807) is 11.8 Å². The zero-order valence-electron chi connectivity index (χ0n) is 10.7. The maximum absolute atomic E-state index is 4.35. The minimum absolute atomic E-state index is 0.663. The van der Waals surface area contributed by atoms with Crippen LogP contribution in [0.2, 0.25) is 0 Å². The molecule has 19 heavy (non-hydrogen) atoms. The summed E-state index contributed by atoms with van der Waals surface area (Å²) < 4.78 is 1.45. The van der Waals surface area contributed by atoms with Gasteiger partial charge in [0, 0.05) is 5.75 Å². The molecule has 0 aliphatic heterocycles. The molecule has 3 aromatic rings. The highest BCUT2D eigenvalue weighted by atomic mass is 32.2. The van der Waals surface area contributed by atoms with E-state index in [1.807, 2.05) is 12.1 Å². The normalized spacial score (nSPS) is 11.1. The highest BCUT2D eigenvalue weighted by Crippen LogP contribution is 2.23. The maximum atomic E-state index is 4.35. The van der Waals surface area contributed by atoms with Gasteiger partial charge in [-0.3, -0.25) is 0 Å². The summed E-state index contributed by atoms with van der Waals surface area (Å²) in [6.07, 6.45) is 0. The molecule has 0 unspecified atom stereocenters. The highest BCUT2D eigenvalue weighted by Gasteiger charge is 2.04. The van der Waals surface area contributed by atoms with Crippen molar-refractivity contribution in [2.75, 3.05) is 0 Å². The number of rotatable bonds is 3. The monoisotopic (exact) mass is 271 g/mol. The lowest BCUT2D eigenvalue weighted by Gasteiger charge is -2.06. The van der Waals surface area contributed by atoms with Gasteiger partial charge in [0.1, 0.15) is 5.03 Å². The summed E-state index contributed by atoms with van der Waals surface area (Å²) in [7, 11) is 0. The van der Waals surface area contributed by atoms with Crippen LogP contribution in [0.3, 0.4) is 0 Å². The van der Waals surface area contributed by atoms with Crippen LogP contribution in [-0.4, -0.2) is 25.3 Å². The first-order valence-corrected chi connectivity index (χ1v) is 6.95. The number of benzene rings is 1. The number of aryl methyl sites for hydroxylation is 2. The number of fused-ring (bicyclic) bond motifs is 1. The van der Waals surface area contributed by atoms with Gasteiger partial charge >= 0.3 is 0 Å². The fraction of sp³-hybridized carbons (Fsp3) is 0.231. The molecule has 0 radical (unpaired) electrons. The van der Waals surface area contributed by atoms with Crippen LogP contribution in [0.15, 0.2) is 35.4 Å². The predicted molar refractivity (Wildman–Crippen MR) is 74.1 cm³/mol. The molecule has 0 amide bonds. The molecule has 2 aromatic heterocycles. The van der Waals surface area contributed by atoms with Gasteiger partial charge in [0.2, 0.25) is 0 Å². The molecule has 6 heteroatoms. The molecule has 2 heterocycles. The van der Waals surface area contributed by atoms with Crippen molar-refractivity contribution in [1.29, 1.82) is 0 Å². The Balaban J connectivity index is 1.79.